The van der Waals surface area contributed by atoms with E-state index in [0.29, 0.717) is 23.1 Å². The Kier molecular flexibility index (Phi) is 4.57. The van der Waals surface area contributed by atoms with Crippen molar-refractivity contribution >= 4 is 17.6 Å². The maximum Gasteiger partial charge on any atom is 0.191 e. The van der Waals surface area contributed by atoms with Crippen LogP contribution in [0, 0.1) is 5.82 Å². The van der Waals surface area contributed by atoms with Crippen LogP contribution in [0.1, 0.15) is 23.5 Å². The van der Waals surface area contributed by atoms with Crippen molar-refractivity contribution in [2.24, 2.45) is 12.0 Å². The van der Waals surface area contributed by atoms with Crippen molar-refractivity contribution in [3.8, 4) is 0 Å². The second kappa shape index (κ2) is 6.62. The molecule has 2 N–H and O–H groups in total. The fourth-order valence-electron chi connectivity index (χ4n) is 2.76. The van der Waals surface area contributed by atoms with Gasteiger partial charge in [-0.3, -0.25) is 4.99 Å². The summed E-state index contributed by atoms with van der Waals surface area (Å²) in [5.41, 5.74) is 1.78. The predicted octanol–water partition coefficient (Wildman–Crippen LogP) is 3.04. The van der Waals surface area contributed by atoms with Crippen molar-refractivity contribution in [2.45, 2.75) is 24.9 Å². The highest BCUT2D eigenvalue weighted by Gasteiger charge is 2.41. The van der Waals surface area contributed by atoms with Crippen molar-refractivity contribution in [1.82, 2.24) is 15.2 Å². The third-order valence-electron chi connectivity index (χ3n) is 4.06. The van der Waals surface area contributed by atoms with Crippen molar-refractivity contribution in [3.05, 3.63) is 58.6 Å². The number of nitrogens with one attached hydrogen (secondary N) is 2. The molecular formula is C17H20ClFN4. The van der Waals surface area contributed by atoms with Crippen LogP contribution in [0.15, 0.2) is 41.7 Å². The quantitative estimate of drug-likeness (QED) is 0.666. The number of hydrogen-bond acceptors (Lipinski definition) is 1. The van der Waals surface area contributed by atoms with Gasteiger partial charge in [-0.1, -0.05) is 17.7 Å². The molecule has 6 heteroatoms. The molecule has 2 unspecified atom stereocenters. The Morgan fingerprint density at radius 2 is 2.26 bits per heavy atom. The summed E-state index contributed by atoms with van der Waals surface area (Å²) in [5.74, 6) is 0.576. The first-order valence-corrected chi connectivity index (χ1v) is 7.98. The Labute approximate surface area is 140 Å². The molecule has 1 fully saturated rings. The van der Waals surface area contributed by atoms with Crippen molar-refractivity contribution in [1.29, 1.82) is 0 Å². The van der Waals surface area contributed by atoms with E-state index < -0.39 is 0 Å². The third-order valence-corrected chi connectivity index (χ3v) is 4.39. The fourth-order valence-corrected chi connectivity index (χ4v) is 3.06. The van der Waals surface area contributed by atoms with Crippen LogP contribution in [0.2, 0.25) is 5.02 Å². The SMILES string of the molecule is CN=C(NCc1ccn(C)c1)NC1CC1c1c(F)cccc1Cl. The summed E-state index contributed by atoms with van der Waals surface area (Å²) < 4.78 is 15.9. The smallest absolute Gasteiger partial charge is 0.191 e. The van der Waals surface area contributed by atoms with Crippen LogP contribution in [0.4, 0.5) is 4.39 Å². The van der Waals surface area contributed by atoms with Gasteiger partial charge in [0.2, 0.25) is 0 Å². The van der Waals surface area contributed by atoms with Gasteiger partial charge in [-0.25, -0.2) is 4.39 Å². The molecule has 0 radical (unpaired) electrons. The lowest BCUT2D eigenvalue weighted by Crippen LogP contribution is -2.38. The van der Waals surface area contributed by atoms with Crippen molar-refractivity contribution in [2.75, 3.05) is 7.05 Å². The van der Waals surface area contributed by atoms with E-state index in [1.54, 1.807) is 19.2 Å². The predicted molar refractivity (Wildman–Crippen MR) is 91.3 cm³/mol. The van der Waals surface area contributed by atoms with Gasteiger partial charge in [-0.15, -0.1) is 0 Å². The topological polar surface area (TPSA) is 41.4 Å². The van der Waals surface area contributed by atoms with Crippen LogP contribution in [0.5, 0.6) is 0 Å². The van der Waals surface area contributed by atoms with Crippen LogP contribution in [-0.4, -0.2) is 23.6 Å². The van der Waals surface area contributed by atoms with Crippen LogP contribution < -0.4 is 10.6 Å². The van der Waals surface area contributed by atoms with Crippen molar-refractivity contribution < 1.29 is 4.39 Å². The summed E-state index contributed by atoms with van der Waals surface area (Å²) in [5, 5.41) is 7.09. The molecule has 0 spiro atoms. The second-order valence-corrected chi connectivity index (χ2v) is 6.25. The third kappa shape index (κ3) is 3.67. The highest BCUT2D eigenvalue weighted by atomic mass is 35.5. The van der Waals surface area contributed by atoms with Gasteiger partial charge in [0.25, 0.3) is 0 Å². The number of benzene rings is 1. The first kappa shape index (κ1) is 15.9. The minimum atomic E-state index is -0.237. The standard InChI is InChI=1S/C17H20ClFN4/c1-20-17(21-9-11-6-7-23(2)10-11)22-15-8-12(15)16-13(18)4-3-5-14(16)19/h3-7,10,12,15H,8-9H2,1-2H3,(H2,20,21,22). The minimum absolute atomic E-state index is 0.0963. The van der Waals surface area contributed by atoms with E-state index in [4.69, 9.17) is 11.6 Å². The molecule has 0 amide bonds. The number of aromatic nitrogens is 1. The Balaban J connectivity index is 1.57. The van der Waals surface area contributed by atoms with E-state index in [0.717, 1.165) is 6.42 Å². The molecule has 122 valence electrons. The Morgan fingerprint density at radius 3 is 2.91 bits per heavy atom. The lowest BCUT2D eigenvalue weighted by Gasteiger charge is -2.12. The number of rotatable bonds is 4. The van der Waals surface area contributed by atoms with Gasteiger partial charge in [0.15, 0.2) is 5.96 Å². The zero-order chi connectivity index (χ0) is 16.4. The molecule has 1 saturated carbocycles. The second-order valence-electron chi connectivity index (χ2n) is 5.84. The lowest BCUT2D eigenvalue weighted by atomic mass is 10.1. The van der Waals surface area contributed by atoms with Gasteiger partial charge in [0.05, 0.1) is 0 Å². The van der Waals surface area contributed by atoms with E-state index in [1.165, 1.54) is 11.6 Å². The molecule has 0 bridgehead atoms. The van der Waals surface area contributed by atoms with Gasteiger partial charge in [0.1, 0.15) is 5.82 Å². The first-order chi connectivity index (χ1) is 11.1. The number of aliphatic imine (C=N–C) groups is 1. The molecule has 1 heterocycles. The number of aryl methyl sites for hydroxylation is 1. The van der Waals surface area contributed by atoms with E-state index in [-0.39, 0.29) is 17.8 Å². The average molecular weight is 335 g/mol. The highest BCUT2D eigenvalue weighted by Crippen LogP contribution is 2.44. The molecule has 4 nitrogen and oxygen atoms in total. The molecular weight excluding hydrogens is 315 g/mol. The molecule has 2 atom stereocenters. The highest BCUT2D eigenvalue weighted by molar-refractivity contribution is 6.31. The Bertz CT molecular complexity index is 705. The maximum atomic E-state index is 13.9. The molecule has 3 rings (SSSR count). The zero-order valence-electron chi connectivity index (χ0n) is 13.2. The molecule has 23 heavy (non-hydrogen) atoms. The summed E-state index contributed by atoms with van der Waals surface area (Å²) >= 11 is 6.13. The van der Waals surface area contributed by atoms with Crippen LogP contribution in [0.25, 0.3) is 0 Å². The zero-order valence-corrected chi connectivity index (χ0v) is 13.9. The molecule has 1 aliphatic carbocycles. The van der Waals surface area contributed by atoms with Gasteiger partial charge >= 0.3 is 0 Å². The monoisotopic (exact) mass is 334 g/mol. The van der Waals surface area contributed by atoms with Gasteiger partial charge < -0.3 is 15.2 Å². The Hall–Kier alpha value is -2.01. The number of halogens is 2. The van der Waals surface area contributed by atoms with E-state index in [2.05, 4.69) is 27.9 Å². The summed E-state index contributed by atoms with van der Waals surface area (Å²) in [4.78, 5) is 4.22. The normalized spacial score (nSPS) is 20.4. The van der Waals surface area contributed by atoms with Crippen LogP contribution in [-0.2, 0) is 13.6 Å². The summed E-state index contributed by atoms with van der Waals surface area (Å²) in [6.07, 6.45) is 4.91. The van der Waals surface area contributed by atoms with Gasteiger partial charge in [-0.05, 0) is 30.2 Å². The summed E-state index contributed by atoms with van der Waals surface area (Å²) in [7, 11) is 3.72. The van der Waals surface area contributed by atoms with Gasteiger partial charge in [-0.2, -0.15) is 0 Å². The molecule has 0 aliphatic heterocycles. The fraction of sp³-hybridized carbons (Fsp3) is 0.353. The molecule has 1 aliphatic rings. The average Bonchev–Trinajstić information content (AvgIpc) is 3.14. The van der Waals surface area contributed by atoms with E-state index in [9.17, 15) is 4.39 Å². The largest absolute Gasteiger partial charge is 0.357 e. The number of nitrogens with zero attached hydrogens (tertiary/aromatic N) is 2. The Morgan fingerprint density at radius 1 is 1.43 bits per heavy atom. The first-order valence-electron chi connectivity index (χ1n) is 7.60. The van der Waals surface area contributed by atoms with Crippen LogP contribution >= 0.6 is 11.6 Å². The van der Waals surface area contributed by atoms with Gasteiger partial charge in [0, 0.05) is 55.6 Å². The minimum Gasteiger partial charge on any atom is -0.357 e. The summed E-state index contributed by atoms with van der Waals surface area (Å²) in [6, 6.07) is 7.04. The molecule has 0 saturated heterocycles. The summed E-state index contributed by atoms with van der Waals surface area (Å²) in [6.45, 7) is 0.693. The van der Waals surface area contributed by atoms with E-state index in [1.807, 2.05) is 17.8 Å². The maximum absolute atomic E-state index is 13.9. The molecule has 1 aromatic heterocycles. The molecule has 1 aromatic carbocycles. The van der Waals surface area contributed by atoms with Crippen LogP contribution in [0.3, 0.4) is 0 Å². The van der Waals surface area contributed by atoms with E-state index >= 15 is 0 Å². The number of hydrogen-bond donors (Lipinski definition) is 2. The lowest BCUT2D eigenvalue weighted by molar-refractivity contribution is 0.608. The van der Waals surface area contributed by atoms with Crippen molar-refractivity contribution in [3.63, 3.8) is 0 Å². The number of guanidine groups is 1. The molecule has 2 aromatic rings.